The summed E-state index contributed by atoms with van der Waals surface area (Å²) in [6.07, 6.45) is 0.0676. The molecule has 1 saturated heterocycles. The molecule has 2 aromatic heterocycles. The highest BCUT2D eigenvalue weighted by Crippen LogP contribution is 2.29. The highest BCUT2D eigenvalue weighted by atomic mass is 19.1. The molecule has 0 spiro atoms. The minimum Gasteiger partial charge on any atom is -0.375 e. The molecule has 1 aliphatic rings. The molecule has 4 rings (SSSR count). The fraction of sp³-hybridized carbons (Fsp3) is 0.364. The van der Waals surface area contributed by atoms with E-state index in [4.69, 9.17) is 4.74 Å². The second kappa shape index (κ2) is 8.02. The van der Waals surface area contributed by atoms with E-state index in [1.165, 1.54) is 12.1 Å². The van der Waals surface area contributed by atoms with Gasteiger partial charge in [0.2, 0.25) is 0 Å². The Morgan fingerprint density at radius 3 is 2.77 bits per heavy atom. The molecule has 1 fully saturated rings. The number of carbonyl (C=O) groups is 1. The Balaban J connectivity index is 1.63. The lowest BCUT2D eigenvalue weighted by molar-refractivity contribution is -0.0380. The summed E-state index contributed by atoms with van der Waals surface area (Å²) >= 11 is 0. The maximum Gasteiger partial charge on any atom is 0.272 e. The summed E-state index contributed by atoms with van der Waals surface area (Å²) in [5.74, 6) is -0.966. The van der Waals surface area contributed by atoms with Gasteiger partial charge in [-0.3, -0.25) is 4.79 Å². The molecular formula is C22H24F2N4O2. The standard InChI is InChI=1S/C22H24F2N4O2/c1-4-30-16-10-28(11-16)22(29)19-8-17-12(2)13(3)26-20(17)21(27-19)25-9-14-5-6-15(23)7-18(14)24/h5-8,16,26H,4,9-11H2,1-3H3,(H,25,27). The third-order valence-corrected chi connectivity index (χ3v) is 5.52. The van der Waals surface area contributed by atoms with Crippen LogP contribution in [0.25, 0.3) is 10.9 Å². The van der Waals surface area contributed by atoms with E-state index in [2.05, 4.69) is 15.3 Å². The van der Waals surface area contributed by atoms with E-state index in [9.17, 15) is 13.6 Å². The number of likely N-dealkylation sites (tertiary alicyclic amines) is 1. The second-order valence-electron chi connectivity index (χ2n) is 7.53. The van der Waals surface area contributed by atoms with Gasteiger partial charge in [-0.1, -0.05) is 6.07 Å². The number of hydrogen-bond acceptors (Lipinski definition) is 4. The second-order valence-corrected chi connectivity index (χ2v) is 7.53. The molecule has 2 N–H and O–H groups in total. The van der Waals surface area contributed by atoms with Gasteiger partial charge in [-0.05, 0) is 38.5 Å². The number of aromatic nitrogens is 2. The van der Waals surface area contributed by atoms with Crippen LogP contribution >= 0.6 is 0 Å². The number of benzene rings is 1. The number of H-pyrrole nitrogens is 1. The van der Waals surface area contributed by atoms with E-state index < -0.39 is 11.6 Å². The topological polar surface area (TPSA) is 70.2 Å². The summed E-state index contributed by atoms with van der Waals surface area (Å²) in [5.41, 5.74) is 3.37. The molecule has 0 atom stereocenters. The van der Waals surface area contributed by atoms with E-state index in [-0.39, 0.29) is 18.6 Å². The fourth-order valence-corrected chi connectivity index (χ4v) is 3.64. The van der Waals surface area contributed by atoms with E-state index in [0.29, 0.717) is 36.8 Å². The molecule has 0 radical (unpaired) electrons. The van der Waals surface area contributed by atoms with Crippen LogP contribution in [0.2, 0.25) is 0 Å². The van der Waals surface area contributed by atoms with Crippen LogP contribution in [0.3, 0.4) is 0 Å². The minimum absolute atomic E-state index is 0.0676. The van der Waals surface area contributed by atoms with Gasteiger partial charge in [0.15, 0.2) is 5.82 Å². The van der Waals surface area contributed by atoms with Gasteiger partial charge < -0.3 is 19.9 Å². The van der Waals surface area contributed by atoms with Crippen LogP contribution in [0.1, 0.15) is 34.2 Å². The Hall–Kier alpha value is -3.00. The molecule has 1 amide bonds. The summed E-state index contributed by atoms with van der Waals surface area (Å²) < 4.78 is 32.7. The number of hydrogen-bond donors (Lipinski definition) is 2. The molecular weight excluding hydrogens is 390 g/mol. The van der Waals surface area contributed by atoms with Crippen LogP contribution in [0.5, 0.6) is 0 Å². The van der Waals surface area contributed by atoms with Gasteiger partial charge in [-0.25, -0.2) is 13.8 Å². The molecule has 0 saturated carbocycles. The van der Waals surface area contributed by atoms with Crippen molar-refractivity contribution in [2.24, 2.45) is 0 Å². The fourth-order valence-electron chi connectivity index (χ4n) is 3.64. The Kier molecular flexibility index (Phi) is 5.42. The zero-order valence-corrected chi connectivity index (χ0v) is 17.2. The average Bonchev–Trinajstić information content (AvgIpc) is 2.97. The molecule has 8 heteroatoms. The molecule has 30 heavy (non-hydrogen) atoms. The highest BCUT2D eigenvalue weighted by Gasteiger charge is 2.32. The average molecular weight is 414 g/mol. The van der Waals surface area contributed by atoms with Crippen molar-refractivity contribution in [2.45, 2.75) is 33.4 Å². The first-order valence-corrected chi connectivity index (χ1v) is 9.96. The molecule has 158 valence electrons. The number of fused-ring (bicyclic) bond motifs is 1. The third kappa shape index (κ3) is 3.75. The summed E-state index contributed by atoms with van der Waals surface area (Å²) in [6.45, 7) is 7.66. The van der Waals surface area contributed by atoms with Crippen molar-refractivity contribution in [2.75, 3.05) is 25.0 Å². The van der Waals surface area contributed by atoms with Gasteiger partial charge in [-0.2, -0.15) is 0 Å². The number of rotatable bonds is 6. The lowest BCUT2D eigenvalue weighted by atomic mass is 10.1. The Bertz CT molecular complexity index is 1110. The van der Waals surface area contributed by atoms with Gasteiger partial charge in [0.05, 0.1) is 11.6 Å². The van der Waals surface area contributed by atoms with Crippen molar-refractivity contribution in [3.8, 4) is 0 Å². The number of carbonyl (C=O) groups excluding carboxylic acids is 1. The maximum absolute atomic E-state index is 14.0. The van der Waals surface area contributed by atoms with Crippen LogP contribution in [-0.2, 0) is 11.3 Å². The predicted octanol–water partition coefficient (Wildman–Crippen LogP) is 3.93. The first-order chi connectivity index (χ1) is 14.4. The normalized spacial score (nSPS) is 14.2. The van der Waals surface area contributed by atoms with Crippen molar-refractivity contribution < 1.29 is 18.3 Å². The number of aryl methyl sites for hydroxylation is 2. The van der Waals surface area contributed by atoms with Crippen molar-refractivity contribution in [3.05, 3.63) is 58.4 Å². The maximum atomic E-state index is 14.0. The van der Waals surface area contributed by atoms with Gasteiger partial charge >= 0.3 is 0 Å². The van der Waals surface area contributed by atoms with Gasteiger partial charge in [-0.15, -0.1) is 0 Å². The molecule has 6 nitrogen and oxygen atoms in total. The van der Waals surface area contributed by atoms with E-state index in [1.54, 1.807) is 11.0 Å². The number of amides is 1. The summed E-state index contributed by atoms with van der Waals surface area (Å²) in [7, 11) is 0. The highest BCUT2D eigenvalue weighted by molar-refractivity contribution is 6.01. The van der Waals surface area contributed by atoms with E-state index >= 15 is 0 Å². The predicted molar refractivity (Wildman–Crippen MR) is 111 cm³/mol. The van der Waals surface area contributed by atoms with Crippen LogP contribution in [0.4, 0.5) is 14.6 Å². The SMILES string of the molecule is CCOC1CN(C(=O)c2cc3c(C)c(C)[nH]c3c(NCc3ccc(F)cc3F)n2)C1. The van der Waals surface area contributed by atoms with Crippen molar-refractivity contribution in [1.29, 1.82) is 0 Å². The monoisotopic (exact) mass is 414 g/mol. The number of anilines is 1. The van der Waals surface area contributed by atoms with Crippen molar-refractivity contribution in [1.82, 2.24) is 14.9 Å². The van der Waals surface area contributed by atoms with Crippen LogP contribution < -0.4 is 5.32 Å². The molecule has 3 heterocycles. The zero-order valence-electron chi connectivity index (χ0n) is 17.2. The molecule has 0 aliphatic carbocycles. The molecule has 1 aromatic carbocycles. The Labute approximate surface area is 173 Å². The molecule has 3 aromatic rings. The number of aromatic amines is 1. The molecule has 0 bridgehead atoms. The Morgan fingerprint density at radius 1 is 1.30 bits per heavy atom. The number of ether oxygens (including phenoxy) is 1. The number of pyridine rings is 1. The first-order valence-electron chi connectivity index (χ1n) is 9.96. The van der Waals surface area contributed by atoms with Gasteiger partial charge in [0.1, 0.15) is 17.3 Å². The number of nitrogens with zero attached hydrogens (tertiary/aromatic N) is 2. The summed E-state index contributed by atoms with van der Waals surface area (Å²) in [4.78, 5) is 22.4. The van der Waals surface area contributed by atoms with Crippen LogP contribution in [0.15, 0.2) is 24.3 Å². The lowest BCUT2D eigenvalue weighted by Crippen LogP contribution is -2.54. The van der Waals surface area contributed by atoms with Crippen LogP contribution in [0, 0.1) is 25.5 Å². The summed E-state index contributed by atoms with van der Waals surface area (Å²) in [5, 5.41) is 3.99. The number of halogens is 2. The van der Waals surface area contributed by atoms with Gasteiger partial charge in [0.25, 0.3) is 5.91 Å². The van der Waals surface area contributed by atoms with Gasteiger partial charge in [0, 0.05) is 49.0 Å². The van der Waals surface area contributed by atoms with Crippen molar-refractivity contribution in [3.63, 3.8) is 0 Å². The van der Waals surface area contributed by atoms with E-state index in [1.807, 2.05) is 20.8 Å². The third-order valence-electron chi connectivity index (χ3n) is 5.52. The quantitative estimate of drug-likeness (QED) is 0.641. The van der Waals surface area contributed by atoms with Crippen LogP contribution in [-0.4, -0.2) is 46.6 Å². The van der Waals surface area contributed by atoms with Crippen molar-refractivity contribution >= 4 is 22.6 Å². The minimum atomic E-state index is -0.632. The smallest absolute Gasteiger partial charge is 0.272 e. The molecule has 0 unspecified atom stereocenters. The molecule has 1 aliphatic heterocycles. The van der Waals surface area contributed by atoms with E-state index in [0.717, 1.165) is 28.2 Å². The zero-order chi connectivity index (χ0) is 21.4. The summed E-state index contributed by atoms with van der Waals surface area (Å²) in [6, 6.07) is 5.24. The Morgan fingerprint density at radius 2 is 2.07 bits per heavy atom. The largest absolute Gasteiger partial charge is 0.375 e. The lowest BCUT2D eigenvalue weighted by Gasteiger charge is -2.38. The first kappa shape index (κ1) is 20.3. The number of nitrogens with one attached hydrogen (secondary N) is 2.